The van der Waals surface area contributed by atoms with Crippen molar-refractivity contribution in [3.63, 3.8) is 0 Å². The third-order valence-electron chi connectivity index (χ3n) is 1.71. The molecule has 1 aromatic rings. The van der Waals surface area contributed by atoms with Gasteiger partial charge in [0.25, 0.3) is 0 Å². The molecule has 1 rings (SSSR count). The van der Waals surface area contributed by atoms with E-state index in [0.29, 0.717) is 10.8 Å². The van der Waals surface area contributed by atoms with Gasteiger partial charge in [-0.1, -0.05) is 0 Å². The number of hydrogen-bond donors (Lipinski definition) is 0. The number of ether oxygens (including phenoxy) is 1. The van der Waals surface area contributed by atoms with Gasteiger partial charge in [-0.05, 0) is 12.1 Å². The average Bonchev–Trinajstić information content (AvgIpc) is 2.28. The van der Waals surface area contributed by atoms with Crippen molar-refractivity contribution in [2.45, 2.75) is 17.6 Å². The summed E-state index contributed by atoms with van der Waals surface area (Å²) in [6, 6.07) is 2.07. The second-order valence-electron chi connectivity index (χ2n) is 2.93. The lowest BCUT2D eigenvalue weighted by Gasteiger charge is -2.04. The van der Waals surface area contributed by atoms with Gasteiger partial charge in [-0.2, -0.15) is 13.2 Å². The van der Waals surface area contributed by atoms with Crippen LogP contribution in [-0.2, 0) is 15.7 Å². The maximum Gasteiger partial charge on any atom is 0.435 e. The lowest BCUT2D eigenvalue weighted by Crippen LogP contribution is -2.09. The van der Waals surface area contributed by atoms with Crippen LogP contribution < -0.4 is 0 Å². The minimum atomic E-state index is -4.48. The minimum absolute atomic E-state index is 0.171. The van der Waals surface area contributed by atoms with E-state index in [0.717, 1.165) is 17.8 Å². The Hall–Kier alpha value is -1.31. The number of nitrogens with zero attached hydrogens (tertiary/aromatic N) is 2. The molecule has 1 aromatic heterocycles. The van der Waals surface area contributed by atoms with Gasteiger partial charge in [-0.3, -0.25) is 4.79 Å². The van der Waals surface area contributed by atoms with Gasteiger partial charge >= 0.3 is 12.1 Å². The molecule has 0 amide bonds. The zero-order chi connectivity index (χ0) is 12.9. The fourth-order valence-electron chi connectivity index (χ4n) is 0.889. The zero-order valence-electron chi connectivity index (χ0n) is 8.82. The summed E-state index contributed by atoms with van der Waals surface area (Å²) < 4.78 is 40.9. The Morgan fingerprint density at radius 3 is 2.59 bits per heavy atom. The second kappa shape index (κ2) is 5.85. The van der Waals surface area contributed by atoms with Crippen molar-refractivity contribution in [1.82, 2.24) is 10.2 Å². The lowest BCUT2D eigenvalue weighted by atomic mass is 10.4. The summed E-state index contributed by atoms with van der Waals surface area (Å²) in [5, 5.41) is 6.80. The predicted molar refractivity (Wildman–Crippen MR) is 54.4 cm³/mol. The summed E-state index contributed by atoms with van der Waals surface area (Å²) in [7, 11) is 1.27. The molecule has 0 atom stereocenters. The molecule has 0 spiro atoms. The first kappa shape index (κ1) is 13.8. The number of thioether (sulfide) groups is 1. The van der Waals surface area contributed by atoms with E-state index in [1.807, 2.05) is 0 Å². The number of methoxy groups -OCH3 is 1. The molecule has 0 bridgehead atoms. The Morgan fingerprint density at radius 1 is 1.41 bits per heavy atom. The molecule has 0 fully saturated rings. The monoisotopic (exact) mass is 266 g/mol. The number of hydrogen-bond acceptors (Lipinski definition) is 5. The number of carbonyl (C=O) groups is 1. The Morgan fingerprint density at radius 2 is 2.12 bits per heavy atom. The van der Waals surface area contributed by atoms with Crippen molar-refractivity contribution >= 4 is 17.7 Å². The van der Waals surface area contributed by atoms with Crippen molar-refractivity contribution in [2.75, 3.05) is 12.9 Å². The number of halogens is 3. The number of alkyl halides is 3. The van der Waals surface area contributed by atoms with Gasteiger partial charge < -0.3 is 4.74 Å². The van der Waals surface area contributed by atoms with Crippen molar-refractivity contribution < 1.29 is 22.7 Å². The van der Waals surface area contributed by atoms with Crippen molar-refractivity contribution in [1.29, 1.82) is 0 Å². The highest BCUT2D eigenvalue weighted by Gasteiger charge is 2.32. The Balaban J connectivity index is 2.49. The van der Waals surface area contributed by atoms with Crippen LogP contribution in [0.3, 0.4) is 0 Å². The third-order valence-corrected chi connectivity index (χ3v) is 2.64. The maximum absolute atomic E-state index is 12.2. The normalized spacial score (nSPS) is 11.3. The first-order valence-electron chi connectivity index (χ1n) is 4.54. The van der Waals surface area contributed by atoms with E-state index in [-0.39, 0.29) is 12.4 Å². The molecule has 0 unspecified atom stereocenters. The zero-order valence-corrected chi connectivity index (χ0v) is 9.64. The molecule has 0 aliphatic carbocycles. The second-order valence-corrected chi connectivity index (χ2v) is 4.04. The Labute approximate surface area is 99.6 Å². The summed E-state index contributed by atoms with van der Waals surface area (Å²) in [6.07, 6.45) is -4.31. The molecule has 0 saturated carbocycles. The third kappa shape index (κ3) is 4.59. The Kier molecular flexibility index (Phi) is 4.73. The minimum Gasteiger partial charge on any atom is -0.469 e. The molecule has 8 heteroatoms. The largest absolute Gasteiger partial charge is 0.469 e. The predicted octanol–water partition coefficient (Wildman–Crippen LogP) is 2.15. The number of esters is 1. The van der Waals surface area contributed by atoms with Gasteiger partial charge in [0.2, 0.25) is 0 Å². The van der Waals surface area contributed by atoms with Crippen LogP contribution in [-0.4, -0.2) is 29.0 Å². The van der Waals surface area contributed by atoms with Crippen molar-refractivity contribution in [3.05, 3.63) is 17.8 Å². The van der Waals surface area contributed by atoms with Crippen LogP contribution in [0, 0.1) is 0 Å². The van der Waals surface area contributed by atoms with E-state index in [1.54, 1.807) is 0 Å². The molecule has 17 heavy (non-hydrogen) atoms. The van der Waals surface area contributed by atoms with E-state index in [2.05, 4.69) is 14.9 Å². The molecule has 0 radical (unpaired) electrons. The molecule has 0 N–H and O–H groups in total. The highest BCUT2D eigenvalue weighted by molar-refractivity contribution is 7.99. The van der Waals surface area contributed by atoms with E-state index in [9.17, 15) is 18.0 Å². The molecule has 0 aliphatic rings. The van der Waals surface area contributed by atoms with E-state index in [1.165, 1.54) is 13.2 Å². The average molecular weight is 266 g/mol. The molecule has 0 aromatic carbocycles. The van der Waals surface area contributed by atoms with Gasteiger partial charge in [0, 0.05) is 5.75 Å². The maximum atomic E-state index is 12.2. The number of aromatic nitrogens is 2. The molecular formula is C9H9F3N2O2S. The highest BCUT2D eigenvalue weighted by Crippen LogP contribution is 2.27. The molecule has 0 aliphatic heterocycles. The SMILES string of the molecule is COC(=O)CCSc1ccc(C(F)(F)F)nn1. The van der Waals surface area contributed by atoms with Crippen molar-refractivity contribution in [2.24, 2.45) is 0 Å². The van der Waals surface area contributed by atoms with Gasteiger partial charge in [0.15, 0.2) is 5.69 Å². The first-order chi connectivity index (χ1) is 7.93. The molecular weight excluding hydrogens is 257 g/mol. The quantitative estimate of drug-likeness (QED) is 0.617. The summed E-state index contributed by atoms with van der Waals surface area (Å²) in [5.41, 5.74) is -1.03. The van der Waals surface area contributed by atoms with E-state index in [4.69, 9.17) is 0 Å². The fourth-order valence-corrected chi connectivity index (χ4v) is 1.63. The number of carbonyl (C=O) groups excluding carboxylic acids is 1. The first-order valence-corrected chi connectivity index (χ1v) is 5.52. The molecule has 4 nitrogen and oxygen atoms in total. The Bertz CT molecular complexity index is 381. The van der Waals surface area contributed by atoms with Gasteiger partial charge in [-0.25, -0.2) is 0 Å². The van der Waals surface area contributed by atoms with Crippen molar-refractivity contribution in [3.8, 4) is 0 Å². The van der Waals surface area contributed by atoms with Crippen LogP contribution in [0.5, 0.6) is 0 Å². The van der Waals surface area contributed by atoms with Gasteiger partial charge in [0.05, 0.1) is 13.5 Å². The molecule has 1 heterocycles. The standard InChI is InChI=1S/C9H9F3N2O2S/c1-16-8(15)4-5-17-7-3-2-6(13-14-7)9(10,11)12/h2-3H,4-5H2,1H3. The fraction of sp³-hybridized carbons (Fsp3) is 0.444. The number of rotatable bonds is 4. The van der Waals surface area contributed by atoms with Crippen LogP contribution in [0.15, 0.2) is 17.2 Å². The summed E-state index contributed by atoms with van der Waals surface area (Å²) in [6.45, 7) is 0. The van der Waals surface area contributed by atoms with E-state index >= 15 is 0 Å². The van der Waals surface area contributed by atoms with Gasteiger partial charge in [0.1, 0.15) is 5.03 Å². The lowest BCUT2D eigenvalue weighted by molar-refractivity contribution is -0.142. The van der Waals surface area contributed by atoms with Crippen LogP contribution in [0.2, 0.25) is 0 Å². The van der Waals surface area contributed by atoms with Crippen LogP contribution in [0.25, 0.3) is 0 Å². The molecule has 94 valence electrons. The summed E-state index contributed by atoms with van der Waals surface area (Å²) in [5.74, 6) is 0.00423. The highest BCUT2D eigenvalue weighted by atomic mass is 32.2. The van der Waals surface area contributed by atoms with Crippen LogP contribution in [0.4, 0.5) is 13.2 Å². The smallest absolute Gasteiger partial charge is 0.435 e. The molecule has 0 saturated heterocycles. The van der Waals surface area contributed by atoms with E-state index < -0.39 is 11.9 Å². The summed E-state index contributed by atoms with van der Waals surface area (Å²) in [4.78, 5) is 10.8. The van der Waals surface area contributed by atoms with Crippen LogP contribution in [0.1, 0.15) is 12.1 Å². The van der Waals surface area contributed by atoms with Crippen LogP contribution >= 0.6 is 11.8 Å². The summed E-state index contributed by atoms with van der Waals surface area (Å²) >= 11 is 1.14. The van der Waals surface area contributed by atoms with Gasteiger partial charge in [-0.15, -0.1) is 22.0 Å². The topological polar surface area (TPSA) is 52.1 Å².